The average molecular weight is 361 g/mol. The first kappa shape index (κ1) is 12.4. The van der Waals surface area contributed by atoms with Crippen LogP contribution >= 0.6 is 22.6 Å². The zero-order chi connectivity index (χ0) is 13.2. The molecule has 0 bridgehead atoms. The Balaban J connectivity index is 2.23. The van der Waals surface area contributed by atoms with Gasteiger partial charge in [0.15, 0.2) is 0 Å². The van der Waals surface area contributed by atoms with Crippen LogP contribution in [0.15, 0.2) is 54.6 Å². The monoisotopic (exact) mass is 361 g/mol. The summed E-state index contributed by atoms with van der Waals surface area (Å²) in [5, 5.41) is 1.15. The number of benzene rings is 2. The number of halogens is 1. The maximum Gasteiger partial charge on any atom is 0.121 e. The molecular formula is C16H12INO. The van der Waals surface area contributed by atoms with Crippen LogP contribution < -0.4 is 4.74 Å². The second-order valence-electron chi connectivity index (χ2n) is 4.24. The Labute approximate surface area is 125 Å². The van der Waals surface area contributed by atoms with Crippen molar-refractivity contribution < 1.29 is 4.74 Å². The zero-order valence-electron chi connectivity index (χ0n) is 10.4. The molecule has 0 atom stereocenters. The molecule has 0 N–H and O–H groups in total. The number of fused-ring (bicyclic) bond motifs is 1. The molecule has 1 aromatic heterocycles. The molecule has 0 saturated heterocycles. The molecule has 19 heavy (non-hydrogen) atoms. The van der Waals surface area contributed by atoms with Crippen molar-refractivity contribution in [2.45, 2.75) is 0 Å². The molecule has 0 amide bonds. The van der Waals surface area contributed by atoms with Crippen molar-refractivity contribution in [1.29, 1.82) is 0 Å². The van der Waals surface area contributed by atoms with Crippen molar-refractivity contribution in [3.63, 3.8) is 0 Å². The van der Waals surface area contributed by atoms with Crippen molar-refractivity contribution in [3.8, 4) is 17.0 Å². The number of hydrogen-bond donors (Lipinski definition) is 0. The van der Waals surface area contributed by atoms with Crippen molar-refractivity contribution in [2.75, 3.05) is 7.11 Å². The minimum Gasteiger partial charge on any atom is -0.497 e. The van der Waals surface area contributed by atoms with Crippen LogP contribution in [0.4, 0.5) is 0 Å². The van der Waals surface area contributed by atoms with Crippen LogP contribution in [-0.4, -0.2) is 12.1 Å². The molecule has 0 unspecified atom stereocenters. The number of aromatic nitrogens is 1. The summed E-state index contributed by atoms with van der Waals surface area (Å²) in [5.41, 5.74) is 3.08. The van der Waals surface area contributed by atoms with Crippen molar-refractivity contribution >= 4 is 33.5 Å². The Hall–Kier alpha value is -1.62. The van der Waals surface area contributed by atoms with E-state index in [0.29, 0.717) is 0 Å². The third kappa shape index (κ3) is 2.42. The lowest BCUT2D eigenvalue weighted by atomic mass is 10.1. The van der Waals surface area contributed by atoms with E-state index in [4.69, 9.17) is 9.72 Å². The van der Waals surface area contributed by atoms with Gasteiger partial charge in [-0.3, -0.25) is 0 Å². The summed E-state index contributed by atoms with van der Waals surface area (Å²) >= 11 is 2.35. The highest BCUT2D eigenvalue weighted by Gasteiger charge is 2.06. The fourth-order valence-electron chi connectivity index (χ4n) is 2.05. The van der Waals surface area contributed by atoms with E-state index in [0.717, 1.165) is 27.9 Å². The number of rotatable bonds is 2. The molecule has 0 fully saturated rings. The fraction of sp³-hybridized carbons (Fsp3) is 0.0625. The van der Waals surface area contributed by atoms with E-state index in [1.165, 1.54) is 3.57 Å². The largest absolute Gasteiger partial charge is 0.497 e. The smallest absolute Gasteiger partial charge is 0.121 e. The summed E-state index contributed by atoms with van der Waals surface area (Å²) in [6.45, 7) is 0. The number of pyridine rings is 1. The molecule has 0 aliphatic carbocycles. The summed E-state index contributed by atoms with van der Waals surface area (Å²) in [4.78, 5) is 4.73. The summed E-state index contributed by atoms with van der Waals surface area (Å²) in [5.74, 6) is 0.834. The van der Waals surface area contributed by atoms with Gasteiger partial charge in [0.1, 0.15) is 5.75 Å². The maximum absolute atomic E-state index is 5.27. The van der Waals surface area contributed by atoms with Gasteiger partial charge in [-0.1, -0.05) is 30.3 Å². The van der Waals surface area contributed by atoms with Gasteiger partial charge in [0.05, 0.1) is 18.3 Å². The van der Waals surface area contributed by atoms with Gasteiger partial charge in [0, 0.05) is 20.6 Å². The Morgan fingerprint density at radius 3 is 2.53 bits per heavy atom. The van der Waals surface area contributed by atoms with E-state index in [1.807, 2.05) is 30.3 Å². The van der Waals surface area contributed by atoms with E-state index in [-0.39, 0.29) is 0 Å². The van der Waals surface area contributed by atoms with Crippen LogP contribution in [0.3, 0.4) is 0 Å². The van der Waals surface area contributed by atoms with Crippen molar-refractivity contribution in [1.82, 2.24) is 4.98 Å². The molecule has 0 aliphatic heterocycles. The summed E-state index contributed by atoms with van der Waals surface area (Å²) in [6.07, 6.45) is 0. The van der Waals surface area contributed by atoms with E-state index < -0.39 is 0 Å². The normalized spacial score (nSPS) is 10.6. The van der Waals surface area contributed by atoms with Crippen LogP contribution in [0.1, 0.15) is 0 Å². The third-order valence-electron chi connectivity index (χ3n) is 3.04. The number of hydrogen-bond acceptors (Lipinski definition) is 2. The predicted octanol–water partition coefficient (Wildman–Crippen LogP) is 4.52. The van der Waals surface area contributed by atoms with Gasteiger partial charge in [0.25, 0.3) is 0 Å². The highest BCUT2D eigenvalue weighted by atomic mass is 127. The molecule has 3 heteroatoms. The zero-order valence-corrected chi connectivity index (χ0v) is 12.6. The van der Waals surface area contributed by atoms with Crippen LogP contribution in [0.5, 0.6) is 5.75 Å². The Bertz CT molecular complexity index is 725. The molecule has 3 aromatic rings. The molecule has 2 aromatic carbocycles. The molecule has 1 heterocycles. The Morgan fingerprint density at radius 2 is 1.79 bits per heavy atom. The van der Waals surface area contributed by atoms with E-state index >= 15 is 0 Å². The van der Waals surface area contributed by atoms with Crippen LogP contribution in [0.25, 0.3) is 22.2 Å². The van der Waals surface area contributed by atoms with Crippen LogP contribution in [0.2, 0.25) is 0 Å². The number of methoxy groups -OCH3 is 1. The second-order valence-corrected chi connectivity index (χ2v) is 5.40. The minimum atomic E-state index is 0.834. The molecule has 3 rings (SSSR count). The fourth-order valence-corrected chi connectivity index (χ4v) is 2.80. The molecule has 0 aliphatic rings. The van der Waals surface area contributed by atoms with Gasteiger partial charge in [-0.15, -0.1) is 0 Å². The van der Waals surface area contributed by atoms with Gasteiger partial charge in [0.2, 0.25) is 0 Å². The average Bonchev–Trinajstić information content (AvgIpc) is 2.47. The molecule has 0 spiro atoms. The number of ether oxygens (including phenoxy) is 1. The van der Waals surface area contributed by atoms with Crippen LogP contribution in [0, 0.1) is 3.57 Å². The molecule has 94 valence electrons. The van der Waals surface area contributed by atoms with E-state index in [9.17, 15) is 0 Å². The standard InChI is InChI=1S/C16H12INO/c1-19-12-7-8-13-14(17)10-15(18-16(13)9-12)11-5-3-2-4-6-11/h2-10H,1H3. The first-order chi connectivity index (χ1) is 9.28. The topological polar surface area (TPSA) is 22.1 Å². The van der Waals surface area contributed by atoms with Gasteiger partial charge in [-0.2, -0.15) is 0 Å². The molecule has 0 radical (unpaired) electrons. The maximum atomic E-state index is 5.27. The summed E-state index contributed by atoms with van der Waals surface area (Å²) < 4.78 is 6.46. The molecular weight excluding hydrogens is 349 g/mol. The van der Waals surface area contributed by atoms with Gasteiger partial charge in [-0.25, -0.2) is 4.98 Å². The van der Waals surface area contributed by atoms with Gasteiger partial charge < -0.3 is 4.74 Å². The highest BCUT2D eigenvalue weighted by Crippen LogP contribution is 2.28. The van der Waals surface area contributed by atoms with Crippen molar-refractivity contribution in [2.24, 2.45) is 0 Å². The minimum absolute atomic E-state index is 0.834. The summed E-state index contributed by atoms with van der Waals surface area (Å²) in [6, 6.07) is 18.3. The third-order valence-corrected chi connectivity index (χ3v) is 3.93. The SMILES string of the molecule is COc1ccc2c(I)cc(-c3ccccc3)nc2c1. The van der Waals surface area contributed by atoms with Gasteiger partial charge in [-0.05, 0) is 40.8 Å². The van der Waals surface area contributed by atoms with E-state index in [2.05, 4.69) is 46.9 Å². The quantitative estimate of drug-likeness (QED) is 0.627. The Kier molecular flexibility index (Phi) is 3.38. The van der Waals surface area contributed by atoms with Crippen LogP contribution in [-0.2, 0) is 0 Å². The van der Waals surface area contributed by atoms with Crippen molar-refractivity contribution in [3.05, 3.63) is 58.2 Å². The molecule has 0 saturated carbocycles. The van der Waals surface area contributed by atoms with Gasteiger partial charge >= 0.3 is 0 Å². The lowest BCUT2D eigenvalue weighted by Crippen LogP contribution is -1.90. The first-order valence-corrected chi connectivity index (χ1v) is 7.05. The number of nitrogens with zero attached hydrogens (tertiary/aromatic N) is 1. The van der Waals surface area contributed by atoms with E-state index in [1.54, 1.807) is 7.11 Å². The second kappa shape index (κ2) is 5.17. The highest BCUT2D eigenvalue weighted by molar-refractivity contribution is 14.1. The molecule has 2 nitrogen and oxygen atoms in total. The first-order valence-electron chi connectivity index (χ1n) is 5.97. The Morgan fingerprint density at radius 1 is 1.00 bits per heavy atom. The summed E-state index contributed by atoms with van der Waals surface area (Å²) in [7, 11) is 1.67. The predicted molar refractivity (Wildman–Crippen MR) is 86.4 cm³/mol. The lowest BCUT2D eigenvalue weighted by molar-refractivity contribution is 0.415. The lowest BCUT2D eigenvalue weighted by Gasteiger charge is -2.07.